The second-order valence-corrected chi connectivity index (χ2v) is 4.28. The number of methoxy groups -OCH3 is 2. The predicted molar refractivity (Wildman–Crippen MR) is 69.3 cm³/mol. The van der Waals surface area contributed by atoms with Crippen LogP contribution in [0.1, 0.15) is 5.56 Å². The number of hydrogen-bond acceptors (Lipinski definition) is 4. The minimum absolute atomic E-state index is 0.343. The van der Waals surface area contributed by atoms with E-state index in [1.54, 1.807) is 20.4 Å². The lowest BCUT2D eigenvalue weighted by molar-refractivity contribution is -0.825. The van der Waals surface area contributed by atoms with Crippen LogP contribution >= 0.6 is 0 Å². The van der Waals surface area contributed by atoms with Gasteiger partial charge in [-0.15, -0.1) is 0 Å². The summed E-state index contributed by atoms with van der Waals surface area (Å²) in [6.45, 7) is 1.21. The van der Waals surface area contributed by atoms with Gasteiger partial charge in [-0.05, 0) is 12.1 Å². The molecular formula is C13H18N2O3. The summed E-state index contributed by atoms with van der Waals surface area (Å²) in [7, 11) is 3.23. The van der Waals surface area contributed by atoms with Crippen LogP contribution < -0.4 is 10.1 Å². The van der Waals surface area contributed by atoms with Gasteiger partial charge in [0.05, 0.1) is 13.7 Å². The molecule has 0 aromatic heterocycles. The maximum Gasteiger partial charge on any atom is 0.156 e. The Kier molecular flexibility index (Phi) is 3.86. The minimum atomic E-state index is -0.402. The molecule has 18 heavy (non-hydrogen) atoms. The van der Waals surface area contributed by atoms with Crippen LogP contribution in [0.5, 0.6) is 5.75 Å². The number of benzene rings is 1. The predicted octanol–water partition coefficient (Wildman–Crippen LogP) is 1.52. The lowest BCUT2D eigenvalue weighted by atomic mass is 10.1. The van der Waals surface area contributed by atoms with Crippen LogP contribution in [0.2, 0.25) is 0 Å². The molecule has 1 atom stereocenters. The molecule has 1 aromatic rings. The molecule has 0 amide bonds. The summed E-state index contributed by atoms with van der Waals surface area (Å²) in [6.07, 6.45) is 1.69. The van der Waals surface area contributed by atoms with Crippen molar-refractivity contribution in [3.63, 3.8) is 0 Å². The van der Waals surface area contributed by atoms with E-state index in [1.165, 1.54) is 0 Å². The summed E-state index contributed by atoms with van der Waals surface area (Å²) in [5.74, 6) is 0.781. The third-order valence-corrected chi connectivity index (χ3v) is 2.96. The van der Waals surface area contributed by atoms with Crippen molar-refractivity contribution in [1.82, 2.24) is 5.32 Å². The number of hydrogen-bond donors (Lipinski definition) is 1. The highest BCUT2D eigenvalue weighted by molar-refractivity contribution is 5.65. The Morgan fingerprint density at radius 2 is 2.22 bits per heavy atom. The normalized spacial score (nSPS) is 22.5. The number of ether oxygens (including phenoxy) is 2. The number of quaternary nitrogens is 1. The highest BCUT2D eigenvalue weighted by atomic mass is 16.6. The van der Waals surface area contributed by atoms with E-state index in [4.69, 9.17) is 9.47 Å². The molecular weight excluding hydrogens is 232 g/mol. The minimum Gasteiger partial charge on any atom is -0.626 e. The third kappa shape index (κ3) is 2.81. The molecule has 0 saturated carbocycles. The van der Waals surface area contributed by atoms with Crippen molar-refractivity contribution in [2.24, 2.45) is 0 Å². The molecule has 2 rings (SSSR count). The quantitative estimate of drug-likeness (QED) is 0.636. The number of rotatable bonds is 5. The fraction of sp³-hybridized carbons (Fsp3) is 0.385. The molecule has 0 radical (unpaired) electrons. The van der Waals surface area contributed by atoms with Crippen LogP contribution in [0.15, 0.2) is 30.5 Å². The molecule has 0 spiro atoms. The van der Waals surface area contributed by atoms with E-state index in [1.807, 2.05) is 24.3 Å². The molecule has 5 nitrogen and oxygen atoms in total. The average Bonchev–Trinajstić information content (AvgIpc) is 2.80. The van der Waals surface area contributed by atoms with Crippen molar-refractivity contribution in [3.8, 4) is 5.75 Å². The van der Waals surface area contributed by atoms with Gasteiger partial charge in [0.1, 0.15) is 24.2 Å². The van der Waals surface area contributed by atoms with Gasteiger partial charge in [-0.1, -0.05) is 12.1 Å². The van der Waals surface area contributed by atoms with E-state index < -0.39 is 4.65 Å². The van der Waals surface area contributed by atoms with Gasteiger partial charge in [-0.3, -0.25) is 0 Å². The molecule has 0 aliphatic carbocycles. The van der Waals surface area contributed by atoms with Crippen molar-refractivity contribution in [2.45, 2.75) is 0 Å². The van der Waals surface area contributed by atoms with E-state index in [2.05, 4.69) is 5.32 Å². The Morgan fingerprint density at radius 1 is 1.39 bits per heavy atom. The van der Waals surface area contributed by atoms with Crippen LogP contribution in [0.4, 0.5) is 0 Å². The average molecular weight is 250 g/mol. The highest BCUT2D eigenvalue weighted by Gasteiger charge is 2.23. The van der Waals surface area contributed by atoms with Gasteiger partial charge < -0.3 is 24.6 Å². The molecule has 1 unspecified atom stereocenters. The summed E-state index contributed by atoms with van der Waals surface area (Å²) in [5.41, 5.74) is 1.81. The molecule has 0 saturated heterocycles. The van der Waals surface area contributed by atoms with E-state index in [-0.39, 0.29) is 0 Å². The lowest BCUT2D eigenvalue weighted by Crippen LogP contribution is -2.40. The molecule has 1 heterocycles. The maximum atomic E-state index is 12.3. The fourth-order valence-corrected chi connectivity index (χ4v) is 1.90. The Bertz CT molecular complexity index is 448. The van der Waals surface area contributed by atoms with Gasteiger partial charge in [0.15, 0.2) is 6.67 Å². The number of hydroxylamine groups is 3. The van der Waals surface area contributed by atoms with Crippen LogP contribution in [0, 0.1) is 5.21 Å². The molecule has 1 aliphatic rings. The molecule has 5 heteroatoms. The zero-order valence-corrected chi connectivity index (χ0v) is 10.7. The molecule has 0 fully saturated rings. The molecule has 0 bridgehead atoms. The van der Waals surface area contributed by atoms with Crippen LogP contribution in [-0.4, -0.2) is 38.7 Å². The highest BCUT2D eigenvalue weighted by Crippen LogP contribution is 2.24. The van der Waals surface area contributed by atoms with Crippen molar-refractivity contribution < 1.29 is 14.1 Å². The first-order chi connectivity index (χ1) is 8.67. The lowest BCUT2D eigenvalue weighted by Gasteiger charge is -2.34. The Morgan fingerprint density at radius 3 is 2.94 bits per heavy atom. The number of nitrogens with zero attached hydrogens (tertiary/aromatic N) is 1. The second-order valence-electron chi connectivity index (χ2n) is 4.28. The van der Waals surface area contributed by atoms with E-state index in [0.29, 0.717) is 19.8 Å². The Hall–Kier alpha value is -1.56. The van der Waals surface area contributed by atoms with Crippen molar-refractivity contribution >= 4 is 5.70 Å². The molecule has 98 valence electrons. The van der Waals surface area contributed by atoms with Crippen LogP contribution in [-0.2, 0) is 4.74 Å². The summed E-state index contributed by atoms with van der Waals surface area (Å²) in [4.78, 5) is 0. The zero-order chi connectivity index (χ0) is 13.0. The summed E-state index contributed by atoms with van der Waals surface area (Å²) >= 11 is 0. The maximum absolute atomic E-state index is 12.3. The summed E-state index contributed by atoms with van der Waals surface area (Å²) in [6, 6.07) is 7.64. The largest absolute Gasteiger partial charge is 0.626 e. The summed E-state index contributed by atoms with van der Waals surface area (Å²) in [5, 5.41) is 15.4. The van der Waals surface area contributed by atoms with Gasteiger partial charge in [0, 0.05) is 12.7 Å². The van der Waals surface area contributed by atoms with Crippen molar-refractivity contribution in [2.75, 3.05) is 34.0 Å². The number of nitrogens with one attached hydrogen (secondary N) is 1. The smallest absolute Gasteiger partial charge is 0.156 e. The van der Waals surface area contributed by atoms with Crippen LogP contribution in [0.25, 0.3) is 5.70 Å². The van der Waals surface area contributed by atoms with E-state index >= 15 is 0 Å². The molecule has 1 aliphatic heterocycles. The summed E-state index contributed by atoms with van der Waals surface area (Å²) < 4.78 is 9.72. The first kappa shape index (κ1) is 12.9. The first-order valence-electron chi connectivity index (χ1n) is 5.85. The van der Waals surface area contributed by atoms with Gasteiger partial charge in [-0.2, -0.15) is 0 Å². The van der Waals surface area contributed by atoms with Gasteiger partial charge in [-0.25, -0.2) is 0 Å². The van der Waals surface area contributed by atoms with Gasteiger partial charge >= 0.3 is 0 Å². The zero-order valence-electron chi connectivity index (χ0n) is 10.7. The SMILES string of the molecule is COCC[N+]1([O-])C=C(c2cccc(OC)c2)NC1. The molecule has 1 aromatic carbocycles. The second kappa shape index (κ2) is 5.39. The van der Waals surface area contributed by atoms with E-state index in [0.717, 1.165) is 17.0 Å². The topological polar surface area (TPSA) is 53.5 Å². The van der Waals surface area contributed by atoms with Gasteiger partial charge in [0.2, 0.25) is 0 Å². The van der Waals surface area contributed by atoms with Gasteiger partial charge in [0.25, 0.3) is 0 Å². The van der Waals surface area contributed by atoms with Crippen molar-refractivity contribution in [1.29, 1.82) is 0 Å². The standard InChI is InChI=1S/C13H18N2O3/c1-17-7-6-15(16)9-13(14-10-15)11-4-3-5-12(8-11)18-2/h3-5,8-9,14H,6-7,10H2,1-2H3. The van der Waals surface area contributed by atoms with Crippen molar-refractivity contribution in [3.05, 3.63) is 41.2 Å². The van der Waals surface area contributed by atoms with Crippen LogP contribution in [0.3, 0.4) is 0 Å². The Balaban J connectivity index is 2.16. The fourth-order valence-electron chi connectivity index (χ4n) is 1.90. The monoisotopic (exact) mass is 250 g/mol. The molecule has 1 N–H and O–H groups in total. The Labute approximate surface area is 107 Å². The van der Waals surface area contributed by atoms with E-state index in [9.17, 15) is 5.21 Å². The first-order valence-corrected chi connectivity index (χ1v) is 5.85. The third-order valence-electron chi connectivity index (χ3n) is 2.96.